The molecule has 1 aromatic carbocycles. The second-order valence-corrected chi connectivity index (χ2v) is 5.40. The van der Waals surface area contributed by atoms with Gasteiger partial charge in [-0.15, -0.1) is 0 Å². The zero-order valence-corrected chi connectivity index (χ0v) is 12.6. The van der Waals surface area contributed by atoms with Gasteiger partial charge in [-0.25, -0.2) is 9.37 Å². The van der Waals surface area contributed by atoms with Crippen LogP contribution in [0.4, 0.5) is 4.39 Å². The molecule has 0 saturated carbocycles. The standard InChI is InChI=1S/C18H15FN4/c1-2-15-17(13-5-8-16-20-9-10-23(16)11-13)18(22-21-15)12-3-6-14(19)7-4-12/h3-11H,2H2,1H3,(H,21,22). The van der Waals surface area contributed by atoms with E-state index in [1.165, 1.54) is 12.1 Å². The number of hydrogen-bond acceptors (Lipinski definition) is 2. The fourth-order valence-corrected chi connectivity index (χ4v) is 2.83. The molecule has 114 valence electrons. The van der Waals surface area contributed by atoms with Crippen molar-refractivity contribution in [1.29, 1.82) is 0 Å². The zero-order valence-electron chi connectivity index (χ0n) is 12.6. The molecule has 3 aromatic heterocycles. The maximum absolute atomic E-state index is 13.2. The minimum atomic E-state index is -0.249. The third-order valence-corrected chi connectivity index (χ3v) is 3.99. The summed E-state index contributed by atoms with van der Waals surface area (Å²) in [6.07, 6.45) is 6.57. The Morgan fingerprint density at radius 1 is 1.09 bits per heavy atom. The Bertz CT molecular complexity index is 966. The van der Waals surface area contributed by atoms with Gasteiger partial charge in [-0.2, -0.15) is 5.10 Å². The molecule has 0 atom stereocenters. The summed E-state index contributed by atoms with van der Waals surface area (Å²) < 4.78 is 15.2. The van der Waals surface area contributed by atoms with Gasteiger partial charge < -0.3 is 4.40 Å². The first-order valence-electron chi connectivity index (χ1n) is 7.52. The van der Waals surface area contributed by atoms with Crippen molar-refractivity contribution in [2.45, 2.75) is 13.3 Å². The molecular weight excluding hydrogens is 291 g/mol. The second kappa shape index (κ2) is 5.35. The van der Waals surface area contributed by atoms with Crippen molar-refractivity contribution in [3.63, 3.8) is 0 Å². The van der Waals surface area contributed by atoms with Crippen LogP contribution in [0.5, 0.6) is 0 Å². The highest BCUT2D eigenvalue weighted by Gasteiger charge is 2.16. The fraction of sp³-hybridized carbons (Fsp3) is 0.111. The van der Waals surface area contributed by atoms with Crippen LogP contribution in [-0.2, 0) is 6.42 Å². The molecule has 0 radical (unpaired) electrons. The molecule has 4 rings (SSSR count). The minimum Gasteiger partial charge on any atom is -0.306 e. The first-order valence-corrected chi connectivity index (χ1v) is 7.52. The first kappa shape index (κ1) is 13.7. The van der Waals surface area contributed by atoms with Crippen LogP contribution in [0, 0.1) is 5.82 Å². The van der Waals surface area contributed by atoms with E-state index in [0.29, 0.717) is 0 Å². The summed E-state index contributed by atoms with van der Waals surface area (Å²) in [5.74, 6) is -0.249. The van der Waals surface area contributed by atoms with Gasteiger partial charge in [-0.3, -0.25) is 5.10 Å². The molecule has 3 heterocycles. The van der Waals surface area contributed by atoms with E-state index >= 15 is 0 Å². The maximum Gasteiger partial charge on any atom is 0.136 e. The summed E-state index contributed by atoms with van der Waals surface area (Å²) in [5.41, 5.74) is 5.79. The molecule has 1 N–H and O–H groups in total. The van der Waals surface area contributed by atoms with Crippen molar-refractivity contribution in [2.75, 3.05) is 0 Å². The minimum absolute atomic E-state index is 0.249. The Labute approximate surface area is 132 Å². The van der Waals surface area contributed by atoms with Crippen LogP contribution in [0.3, 0.4) is 0 Å². The normalized spacial score (nSPS) is 11.2. The van der Waals surface area contributed by atoms with E-state index < -0.39 is 0 Å². The summed E-state index contributed by atoms with van der Waals surface area (Å²) in [7, 11) is 0. The number of hydrogen-bond donors (Lipinski definition) is 1. The number of imidazole rings is 1. The van der Waals surface area contributed by atoms with Crippen LogP contribution in [0.15, 0.2) is 55.0 Å². The Morgan fingerprint density at radius 3 is 2.65 bits per heavy atom. The predicted molar refractivity (Wildman–Crippen MR) is 87.5 cm³/mol. The second-order valence-electron chi connectivity index (χ2n) is 5.40. The SMILES string of the molecule is CCc1[nH]nc(-c2ccc(F)cc2)c1-c1ccc2nccn2c1. The van der Waals surface area contributed by atoms with E-state index in [2.05, 4.69) is 22.1 Å². The third-order valence-electron chi connectivity index (χ3n) is 3.99. The lowest BCUT2D eigenvalue weighted by Gasteiger charge is -2.07. The highest BCUT2D eigenvalue weighted by atomic mass is 19.1. The first-order chi connectivity index (χ1) is 11.3. The largest absolute Gasteiger partial charge is 0.306 e. The summed E-state index contributed by atoms with van der Waals surface area (Å²) in [6.45, 7) is 2.08. The molecule has 4 nitrogen and oxygen atoms in total. The smallest absolute Gasteiger partial charge is 0.136 e. The fourth-order valence-electron chi connectivity index (χ4n) is 2.83. The zero-order chi connectivity index (χ0) is 15.8. The lowest BCUT2D eigenvalue weighted by molar-refractivity contribution is 0.628. The molecule has 0 aliphatic rings. The Kier molecular flexibility index (Phi) is 3.19. The number of nitrogens with zero attached hydrogens (tertiary/aromatic N) is 3. The summed E-state index contributed by atoms with van der Waals surface area (Å²) in [4.78, 5) is 4.27. The molecule has 4 aromatic rings. The highest BCUT2D eigenvalue weighted by Crippen LogP contribution is 2.33. The molecule has 0 spiro atoms. The number of aromatic amines is 1. The van der Waals surface area contributed by atoms with Gasteiger partial charge in [0.05, 0.1) is 0 Å². The average molecular weight is 306 g/mol. The van der Waals surface area contributed by atoms with Crippen LogP contribution in [0.1, 0.15) is 12.6 Å². The number of fused-ring (bicyclic) bond motifs is 1. The van der Waals surface area contributed by atoms with Gasteiger partial charge in [0.2, 0.25) is 0 Å². The monoisotopic (exact) mass is 306 g/mol. The summed E-state index contributed by atoms with van der Waals surface area (Å²) in [5, 5.41) is 7.57. The van der Waals surface area contributed by atoms with Gasteiger partial charge in [0.1, 0.15) is 17.2 Å². The lowest BCUT2D eigenvalue weighted by Crippen LogP contribution is -1.90. The van der Waals surface area contributed by atoms with E-state index in [9.17, 15) is 4.39 Å². The summed E-state index contributed by atoms with van der Waals surface area (Å²) >= 11 is 0. The molecule has 0 bridgehead atoms. The molecule has 0 amide bonds. The van der Waals surface area contributed by atoms with E-state index in [-0.39, 0.29) is 5.82 Å². The van der Waals surface area contributed by atoms with Gasteiger partial charge in [0.25, 0.3) is 0 Å². The lowest BCUT2D eigenvalue weighted by atomic mass is 9.99. The summed E-state index contributed by atoms with van der Waals surface area (Å²) in [6, 6.07) is 10.4. The van der Waals surface area contributed by atoms with Crippen LogP contribution in [0.25, 0.3) is 28.0 Å². The molecule has 23 heavy (non-hydrogen) atoms. The number of nitrogens with one attached hydrogen (secondary N) is 1. The predicted octanol–water partition coefficient (Wildman–Crippen LogP) is 4.09. The molecule has 0 unspecified atom stereocenters. The van der Waals surface area contributed by atoms with E-state index in [1.807, 2.05) is 28.9 Å². The Hall–Kier alpha value is -2.95. The van der Waals surface area contributed by atoms with Crippen molar-refractivity contribution in [1.82, 2.24) is 19.6 Å². The number of H-pyrrole nitrogens is 1. The highest BCUT2D eigenvalue weighted by molar-refractivity contribution is 5.82. The van der Waals surface area contributed by atoms with E-state index in [0.717, 1.165) is 40.1 Å². The molecular formula is C18H15FN4. The van der Waals surface area contributed by atoms with Gasteiger partial charge in [-0.1, -0.05) is 6.92 Å². The Morgan fingerprint density at radius 2 is 1.87 bits per heavy atom. The number of aryl methyl sites for hydroxylation is 1. The number of benzene rings is 1. The van der Waals surface area contributed by atoms with Crippen molar-refractivity contribution >= 4 is 5.65 Å². The van der Waals surface area contributed by atoms with Crippen LogP contribution < -0.4 is 0 Å². The van der Waals surface area contributed by atoms with Gasteiger partial charge in [0.15, 0.2) is 0 Å². The van der Waals surface area contributed by atoms with Crippen LogP contribution >= 0.6 is 0 Å². The third kappa shape index (κ3) is 2.30. The molecule has 0 fully saturated rings. The van der Waals surface area contributed by atoms with Crippen LogP contribution in [-0.4, -0.2) is 19.6 Å². The molecule has 0 aliphatic heterocycles. The van der Waals surface area contributed by atoms with Crippen LogP contribution in [0.2, 0.25) is 0 Å². The van der Waals surface area contributed by atoms with Crippen molar-refractivity contribution in [3.05, 3.63) is 66.5 Å². The number of rotatable bonds is 3. The topological polar surface area (TPSA) is 46.0 Å². The number of aromatic nitrogens is 4. The van der Waals surface area contributed by atoms with Crippen molar-refractivity contribution in [3.8, 4) is 22.4 Å². The molecule has 0 aliphatic carbocycles. The van der Waals surface area contributed by atoms with Crippen molar-refractivity contribution < 1.29 is 4.39 Å². The average Bonchev–Trinajstić information content (AvgIpc) is 3.21. The molecule has 5 heteroatoms. The maximum atomic E-state index is 13.2. The van der Waals surface area contributed by atoms with E-state index in [4.69, 9.17) is 0 Å². The van der Waals surface area contributed by atoms with Gasteiger partial charge >= 0.3 is 0 Å². The molecule has 0 saturated heterocycles. The Balaban J connectivity index is 1.92. The number of pyridine rings is 1. The number of halogens is 1. The van der Waals surface area contributed by atoms with E-state index in [1.54, 1.807) is 18.3 Å². The quantitative estimate of drug-likeness (QED) is 0.619. The van der Waals surface area contributed by atoms with Gasteiger partial charge in [0, 0.05) is 41.0 Å². The van der Waals surface area contributed by atoms with Gasteiger partial charge in [-0.05, 0) is 42.8 Å². The van der Waals surface area contributed by atoms with Crippen molar-refractivity contribution in [2.24, 2.45) is 0 Å².